The van der Waals surface area contributed by atoms with Crippen LogP contribution in [0.1, 0.15) is 16.8 Å². The molecule has 2 rings (SSSR count). The van der Waals surface area contributed by atoms with E-state index in [1.807, 2.05) is 6.92 Å². The summed E-state index contributed by atoms with van der Waals surface area (Å²) >= 11 is 0. The molecule has 0 fully saturated rings. The summed E-state index contributed by atoms with van der Waals surface area (Å²) in [5.74, 6) is 0. The quantitative estimate of drug-likeness (QED) is 0.765. The predicted octanol–water partition coefficient (Wildman–Crippen LogP) is 3.45. The fourth-order valence-electron chi connectivity index (χ4n) is 1.77. The second-order valence-electron chi connectivity index (χ2n) is 4.02. The van der Waals surface area contributed by atoms with Crippen molar-refractivity contribution in [2.24, 2.45) is 0 Å². The Morgan fingerprint density at radius 1 is 1.18 bits per heavy atom. The van der Waals surface area contributed by atoms with Gasteiger partial charge in [0.25, 0.3) is 0 Å². The summed E-state index contributed by atoms with van der Waals surface area (Å²) in [6, 6.07) is 5.00. The average Bonchev–Trinajstić information content (AvgIpc) is 2.22. The number of aryl methyl sites for hydroxylation is 1. The van der Waals surface area contributed by atoms with E-state index >= 15 is 0 Å². The molecule has 0 spiro atoms. The lowest BCUT2D eigenvalue weighted by molar-refractivity contribution is -0.141. The molecule has 0 atom stereocenters. The number of anilines is 1. The maximum atomic E-state index is 12.7. The Balaban J connectivity index is 2.85. The van der Waals surface area contributed by atoms with Crippen molar-refractivity contribution in [3.63, 3.8) is 0 Å². The molecule has 0 aliphatic rings. The number of rotatable bonds is 0. The number of nitrogen functional groups attached to an aromatic ring is 1. The zero-order valence-electron chi connectivity index (χ0n) is 9.39. The number of pyridine rings is 1. The molecule has 0 aliphatic heterocycles. The Bertz CT molecular complexity index is 588. The summed E-state index contributed by atoms with van der Waals surface area (Å²) in [7, 11) is 0. The largest absolute Gasteiger partial charge is 0.433 e. The first-order chi connectivity index (χ1) is 7.80. The second-order valence-corrected chi connectivity index (χ2v) is 4.02. The van der Waals surface area contributed by atoms with Crippen LogP contribution < -0.4 is 5.73 Å². The summed E-state index contributed by atoms with van der Waals surface area (Å²) in [6.45, 7) is 3.19. The number of aromatic nitrogens is 1. The van der Waals surface area contributed by atoms with Gasteiger partial charge in [-0.25, -0.2) is 4.98 Å². The van der Waals surface area contributed by atoms with Crippen LogP contribution in [0.25, 0.3) is 10.9 Å². The van der Waals surface area contributed by atoms with Gasteiger partial charge in [-0.05, 0) is 26.0 Å². The van der Waals surface area contributed by atoms with E-state index < -0.39 is 11.9 Å². The normalized spacial score (nSPS) is 12.1. The molecule has 0 radical (unpaired) electrons. The molecule has 0 aliphatic carbocycles. The van der Waals surface area contributed by atoms with E-state index in [2.05, 4.69) is 4.98 Å². The minimum Gasteiger partial charge on any atom is -0.398 e. The third-order valence-corrected chi connectivity index (χ3v) is 2.70. The number of nitrogens with two attached hydrogens (primary N) is 1. The van der Waals surface area contributed by atoms with E-state index in [0.717, 1.165) is 5.56 Å². The molecule has 0 bridgehead atoms. The standard InChI is InChI=1S/C12H11F3N2/c1-6-3-4-9-8(5-6)10(16)7(2)11(17-9)12(13,14)15/h3-5H,1-2H3,(H2,16,17). The maximum absolute atomic E-state index is 12.7. The van der Waals surface area contributed by atoms with Gasteiger partial charge in [0.05, 0.1) is 5.52 Å². The second kappa shape index (κ2) is 3.61. The van der Waals surface area contributed by atoms with Crippen molar-refractivity contribution in [3.05, 3.63) is 35.0 Å². The highest BCUT2D eigenvalue weighted by Crippen LogP contribution is 2.35. The molecule has 90 valence electrons. The molecule has 17 heavy (non-hydrogen) atoms. The number of hydrogen-bond donors (Lipinski definition) is 1. The van der Waals surface area contributed by atoms with Crippen molar-refractivity contribution in [2.45, 2.75) is 20.0 Å². The highest BCUT2D eigenvalue weighted by Gasteiger charge is 2.35. The van der Waals surface area contributed by atoms with Gasteiger partial charge in [0.15, 0.2) is 0 Å². The van der Waals surface area contributed by atoms with Gasteiger partial charge in [0.1, 0.15) is 5.69 Å². The SMILES string of the molecule is Cc1ccc2nc(C(F)(F)F)c(C)c(N)c2c1. The van der Waals surface area contributed by atoms with Crippen molar-refractivity contribution in [1.82, 2.24) is 4.98 Å². The van der Waals surface area contributed by atoms with Crippen LogP contribution in [-0.2, 0) is 6.18 Å². The number of hydrogen-bond acceptors (Lipinski definition) is 2. The van der Waals surface area contributed by atoms with Gasteiger partial charge in [-0.3, -0.25) is 0 Å². The molecule has 0 saturated heterocycles. The van der Waals surface area contributed by atoms with E-state index in [1.54, 1.807) is 18.2 Å². The Kier molecular flexibility index (Phi) is 2.49. The molecule has 1 aromatic carbocycles. The zero-order chi connectivity index (χ0) is 12.8. The lowest BCUT2D eigenvalue weighted by Gasteiger charge is -2.13. The first-order valence-corrected chi connectivity index (χ1v) is 5.04. The third-order valence-electron chi connectivity index (χ3n) is 2.70. The number of halogens is 3. The summed E-state index contributed by atoms with van der Waals surface area (Å²) in [6.07, 6.45) is -4.47. The summed E-state index contributed by atoms with van der Waals surface area (Å²) in [4.78, 5) is 3.64. The van der Waals surface area contributed by atoms with E-state index in [0.29, 0.717) is 5.39 Å². The van der Waals surface area contributed by atoms with Crippen LogP contribution in [0.4, 0.5) is 18.9 Å². The molecular weight excluding hydrogens is 229 g/mol. The van der Waals surface area contributed by atoms with Crippen LogP contribution in [0.3, 0.4) is 0 Å². The van der Waals surface area contributed by atoms with Gasteiger partial charge in [-0.1, -0.05) is 11.6 Å². The molecule has 2 N–H and O–H groups in total. The third kappa shape index (κ3) is 1.92. The zero-order valence-corrected chi connectivity index (χ0v) is 9.39. The van der Waals surface area contributed by atoms with Gasteiger partial charge >= 0.3 is 6.18 Å². The monoisotopic (exact) mass is 240 g/mol. The van der Waals surface area contributed by atoms with Gasteiger partial charge in [-0.15, -0.1) is 0 Å². The number of fused-ring (bicyclic) bond motifs is 1. The van der Waals surface area contributed by atoms with Gasteiger partial charge in [0.2, 0.25) is 0 Å². The minimum atomic E-state index is -4.47. The lowest BCUT2D eigenvalue weighted by Crippen LogP contribution is -2.12. The van der Waals surface area contributed by atoms with E-state index in [-0.39, 0.29) is 16.8 Å². The highest BCUT2D eigenvalue weighted by molar-refractivity contribution is 5.92. The molecular formula is C12H11F3N2. The predicted molar refractivity (Wildman–Crippen MR) is 60.6 cm³/mol. The van der Waals surface area contributed by atoms with Crippen LogP contribution in [0.5, 0.6) is 0 Å². The average molecular weight is 240 g/mol. The molecule has 2 aromatic rings. The fourth-order valence-corrected chi connectivity index (χ4v) is 1.77. The Morgan fingerprint density at radius 3 is 2.41 bits per heavy atom. The Labute approximate surface area is 96.3 Å². The fraction of sp³-hybridized carbons (Fsp3) is 0.250. The number of alkyl halides is 3. The molecule has 0 saturated carbocycles. The molecule has 5 heteroatoms. The van der Waals surface area contributed by atoms with E-state index in [4.69, 9.17) is 5.73 Å². The molecule has 0 amide bonds. The van der Waals surface area contributed by atoms with E-state index in [1.165, 1.54) is 6.92 Å². The smallest absolute Gasteiger partial charge is 0.398 e. The van der Waals surface area contributed by atoms with Crippen LogP contribution in [0.2, 0.25) is 0 Å². The van der Waals surface area contributed by atoms with Crippen molar-refractivity contribution >= 4 is 16.6 Å². The summed E-state index contributed by atoms with van der Waals surface area (Å²) in [5.41, 5.74) is 6.17. The Morgan fingerprint density at radius 2 is 1.82 bits per heavy atom. The summed E-state index contributed by atoms with van der Waals surface area (Å²) in [5, 5.41) is 0.565. The summed E-state index contributed by atoms with van der Waals surface area (Å²) < 4.78 is 38.2. The van der Waals surface area contributed by atoms with Crippen LogP contribution >= 0.6 is 0 Å². The lowest BCUT2D eigenvalue weighted by atomic mass is 10.1. The van der Waals surface area contributed by atoms with Crippen molar-refractivity contribution in [1.29, 1.82) is 0 Å². The van der Waals surface area contributed by atoms with Crippen LogP contribution in [0, 0.1) is 13.8 Å². The van der Waals surface area contributed by atoms with Crippen LogP contribution in [0.15, 0.2) is 18.2 Å². The van der Waals surface area contributed by atoms with Crippen molar-refractivity contribution in [2.75, 3.05) is 5.73 Å². The van der Waals surface area contributed by atoms with Gasteiger partial charge < -0.3 is 5.73 Å². The Hall–Kier alpha value is -1.78. The van der Waals surface area contributed by atoms with Crippen molar-refractivity contribution < 1.29 is 13.2 Å². The number of benzene rings is 1. The molecule has 0 unspecified atom stereocenters. The minimum absolute atomic E-state index is 0.0180. The van der Waals surface area contributed by atoms with Gasteiger partial charge in [0, 0.05) is 16.6 Å². The number of nitrogens with zero attached hydrogens (tertiary/aromatic N) is 1. The van der Waals surface area contributed by atoms with Gasteiger partial charge in [-0.2, -0.15) is 13.2 Å². The first kappa shape index (κ1) is 11.7. The van der Waals surface area contributed by atoms with Crippen molar-refractivity contribution in [3.8, 4) is 0 Å². The molecule has 1 heterocycles. The van der Waals surface area contributed by atoms with E-state index in [9.17, 15) is 13.2 Å². The topological polar surface area (TPSA) is 38.9 Å². The molecule has 2 nitrogen and oxygen atoms in total. The molecule has 1 aromatic heterocycles. The first-order valence-electron chi connectivity index (χ1n) is 5.04. The van der Waals surface area contributed by atoms with Crippen LogP contribution in [-0.4, -0.2) is 4.98 Å². The highest BCUT2D eigenvalue weighted by atomic mass is 19.4. The maximum Gasteiger partial charge on any atom is 0.433 e.